The Morgan fingerprint density at radius 1 is 1.12 bits per heavy atom. The second-order valence-electron chi connectivity index (χ2n) is 6.01. The maximum absolute atomic E-state index is 11.7. The van der Waals surface area contributed by atoms with Gasteiger partial charge in [0.25, 0.3) is 0 Å². The number of carbonyl (C=O) groups is 2. The van der Waals surface area contributed by atoms with Crippen molar-refractivity contribution in [2.45, 2.75) is 37.8 Å². The average Bonchev–Trinajstić information content (AvgIpc) is 3.16. The Morgan fingerprint density at radius 2 is 1.88 bits per heavy atom. The van der Waals surface area contributed by atoms with Crippen LogP contribution in [0.15, 0.2) is 18.2 Å². The Morgan fingerprint density at radius 3 is 2.46 bits per heavy atom. The third kappa shape index (κ3) is 3.65. The fourth-order valence-corrected chi connectivity index (χ4v) is 3.37. The quantitative estimate of drug-likeness (QED) is 0.774. The predicted octanol–water partition coefficient (Wildman–Crippen LogP) is 1.70. The zero-order valence-electron chi connectivity index (χ0n) is 13.2. The molecule has 0 saturated carbocycles. The Hall–Kier alpha value is -1.79. The molecule has 0 aromatic heterocycles. The van der Waals surface area contributed by atoms with Crippen LogP contribution >= 0.6 is 11.6 Å². The summed E-state index contributed by atoms with van der Waals surface area (Å²) in [6, 6.07) is 5.81. The molecule has 1 N–H and O–H groups in total. The Kier molecular flexibility index (Phi) is 5.26. The number of anilines is 1. The van der Waals surface area contributed by atoms with Gasteiger partial charge in [-0.2, -0.15) is 0 Å². The molecular formula is C17H20ClNO5. The lowest BCUT2D eigenvalue weighted by molar-refractivity contribution is -0.144. The Bertz CT molecular complexity index is 635. The molecule has 4 rings (SSSR count). The van der Waals surface area contributed by atoms with Crippen LogP contribution in [-0.4, -0.2) is 48.9 Å². The van der Waals surface area contributed by atoms with E-state index in [0.29, 0.717) is 19.6 Å². The van der Waals surface area contributed by atoms with Gasteiger partial charge in [-0.3, -0.25) is 0 Å². The second kappa shape index (κ2) is 7.40. The largest absolute Gasteiger partial charge is 0.464 e. The van der Waals surface area contributed by atoms with E-state index in [4.69, 9.17) is 21.4 Å². The highest BCUT2D eigenvalue weighted by atomic mass is 35.5. The van der Waals surface area contributed by atoms with Gasteiger partial charge in [-0.1, -0.05) is 11.6 Å². The summed E-state index contributed by atoms with van der Waals surface area (Å²) in [6.07, 6.45) is 2.50. The van der Waals surface area contributed by atoms with E-state index in [1.54, 1.807) is 0 Å². The first-order chi connectivity index (χ1) is 11.6. The van der Waals surface area contributed by atoms with Gasteiger partial charge in [-0.05, 0) is 36.6 Å². The lowest BCUT2D eigenvalue weighted by atomic mass is 9.99. The molecule has 0 aliphatic carbocycles. The standard InChI is InChI=1S/C13H14ClNO2.C4H6O3/c14-10-3-4-11-9(8-10)2-1-6-15(11)12-5-7-17-13(12)16;5-3-1-2-7-4(3)6/h3-4,8,12H,1-2,5-7H2;3,5H,1-2H2/t12-;3-/m01/s1. The number of cyclic esters (lactones) is 2. The number of fused-ring (bicyclic) bond motifs is 1. The molecule has 130 valence electrons. The van der Waals surface area contributed by atoms with Crippen molar-refractivity contribution >= 4 is 29.2 Å². The summed E-state index contributed by atoms with van der Waals surface area (Å²) in [4.78, 5) is 23.9. The Balaban J connectivity index is 0.000000203. The van der Waals surface area contributed by atoms with E-state index < -0.39 is 12.1 Å². The van der Waals surface area contributed by atoms with E-state index in [1.165, 1.54) is 5.56 Å². The number of aryl methyl sites for hydroxylation is 1. The number of hydrogen-bond donors (Lipinski definition) is 1. The first kappa shape index (κ1) is 17.0. The highest BCUT2D eigenvalue weighted by molar-refractivity contribution is 6.30. The SMILES string of the molecule is O=C1OCC[C@@H]1N1CCCc2cc(Cl)ccc21.O=C1OCC[C@H]1O. The molecule has 24 heavy (non-hydrogen) atoms. The van der Waals surface area contributed by atoms with Crippen LogP contribution in [0.25, 0.3) is 0 Å². The van der Waals surface area contributed by atoms with Gasteiger partial charge in [-0.15, -0.1) is 0 Å². The minimum absolute atomic E-state index is 0.0900. The van der Waals surface area contributed by atoms with Crippen molar-refractivity contribution in [1.82, 2.24) is 0 Å². The molecule has 7 heteroatoms. The van der Waals surface area contributed by atoms with Crippen LogP contribution in [0.3, 0.4) is 0 Å². The Labute approximate surface area is 145 Å². The van der Waals surface area contributed by atoms with Crippen molar-refractivity contribution in [2.75, 3.05) is 24.7 Å². The van der Waals surface area contributed by atoms with E-state index in [0.717, 1.165) is 36.5 Å². The first-order valence-corrected chi connectivity index (χ1v) is 8.50. The lowest BCUT2D eigenvalue weighted by Gasteiger charge is -2.34. The van der Waals surface area contributed by atoms with Gasteiger partial charge in [-0.25, -0.2) is 9.59 Å². The predicted molar refractivity (Wildman–Crippen MR) is 88.1 cm³/mol. The van der Waals surface area contributed by atoms with E-state index in [1.807, 2.05) is 18.2 Å². The summed E-state index contributed by atoms with van der Waals surface area (Å²) in [6.45, 7) is 1.84. The van der Waals surface area contributed by atoms with Crippen molar-refractivity contribution in [3.05, 3.63) is 28.8 Å². The van der Waals surface area contributed by atoms with Crippen molar-refractivity contribution in [2.24, 2.45) is 0 Å². The molecule has 6 nitrogen and oxygen atoms in total. The number of esters is 2. The van der Waals surface area contributed by atoms with Crippen LogP contribution < -0.4 is 4.90 Å². The number of hydrogen-bond acceptors (Lipinski definition) is 6. The number of ether oxygens (including phenoxy) is 2. The van der Waals surface area contributed by atoms with Crippen LogP contribution in [0, 0.1) is 0 Å². The number of nitrogens with zero attached hydrogens (tertiary/aromatic N) is 1. The second-order valence-corrected chi connectivity index (χ2v) is 6.45. The lowest BCUT2D eigenvalue weighted by Crippen LogP contribution is -2.41. The number of aliphatic hydroxyl groups is 1. The number of aliphatic hydroxyl groups excluding tert-OH is 1. The van der Waals surface area contributed by atoms with Crippen LogP contribution in [-0.2, 0) is 25.5 Å². The molecule has 0 unspecified atom stereocenters. The zero-order chi connectivity index (χ0) is 17.1. The maximum atomic E-state index is 11.7. The molecule has 2 fully saturated rings. The molecular weight excluding hydrogens is 334 g/mol. The minimum Gasteiger partial charge on any atom is -0.464 e. The smallest absolute Gasteiger partial charge is 0.335 e. The van der Waals surface area contributed by atoms with Gasteiger partial charge in [0, 0.05) is 30.1 Å². The normalized spacial score (nSPS) is 25.5. The minimum atomic E-state index is -0.847. The third-order valence-corrected chi connectivity index (χ3v) is 4.62. The number of carbonyl (C=O) groups excluding carboxylic acids is 2. The highest BCUT2D eigenvalue weighted by Crippen LogP contribution is 2.32. The van der Waals surface area contributed by atoms with Gasteiger partial charge in [0.2, 0.25) is 0 Å². The molecule has 2 saturated heterocycles. The van der Waals surface area contributed by atoms with Crippen molar-refractivity contribution in [1.29, 1.82) is 0 Å². The summed E-state index contributed by atoms with van der Waals surface area (Å²) >= 11 is 6.00. The molecule has 1 aromatic carbocycles. The van der Waals surface area contributed by atoms with Gasteiger partial charge in [0.1, 0.15) is 6.04 Å². The summed E-state index contributed by atoms with van der Waals surface area (Å²) in [5.41, 5.74) is 2.38. The molecule has 0 radical (unpaired) electrons. The van der Waals surface area contributed by atoms with E-state index in [2.05, 4.69) is 9.64 Å². The van der Waals surface area contributed by atoms with E-state index in [9.17, 15) is 9.59 Å². The van der Waals surface area contributed by atoms with Gasteiger partial charge in [0.15, 0.2) is 6.10 Å². The molecule has 1 aromatic rings. The van der Waals surface area contributed by atoms with Crippen LogP contribution in [0.4, 0.5) is 5.69 Å². The monoisotopic (exact) mass is 353 g/mol. The fraction of sp³-hybridized carbons (Fsp3) is 0.529. The summed E-state index contributed by atoms with van der Waals surface area (Å²) in [7, 11) is 0. The molecule has 0 amide bonds. The van der Waals surface area contributed by atoms with Gasteiger partial charge < -0.3 is 19.5 Å². The molecule has 0 bridgehead atoms. The molecule has 2 atom stereocenters. The summed E-state index contributed by atoms with van der Waals surface area (Å²) in [5, 5.41) is 9.29. The average molecular weight is 354 g/mol. The summed E-state index contributed by atoms with van der Waals surface area (Å²) < 4.78 is 9.43. The molecule has 0 spiro atoms. The van der Waals surface area contributed by atoms with Crippen molar-refractivity contribution in [3.63, 3.8) is 0 Å². The molecule has 3 heterocycles. The van der Waals surface area contributed by atoms with Gasteiger partial charge in [0.05, 0.1) is 13.2 Å². The first-order valence-electron chi connectivity index (χ1n) is 8.12. The molecule has 3 aliphatic rings. The fourth-order valence-electron chi connectivity index (χ4n) is 3.17. The van der Waals surface area contributed by atoms with Crippen LogP contribution in [0.2, 0.25) is 5.02 Å². The summed E-state index contributed by atoms with van der Waals surface area (Å²) in [5.74, 6) is -0.576. The number of benzene rings is 1. The zero-order valence-corrected chi connectivity index (χ0v) is 14.0. The van der Waals surface area contributed by atoms with E-state index in [-0.39, 0.29) is 12.0 Å². The third-order valence-electron chi connectivity index (χ3n) is 4.39. The van der Waals surface area contributed by atoms with E-state index >= 15 is 0 Å². The maximum Gasteiger partial charge on any atom is 0.335 e. The number of rotatable bonds is 1. The number of halogens is 1. The van der Waals surface area contributed by atoms with Crippen molar-refractivity contribution in [3.8, 4) is 0 Å². The molecule has 3 aliphatic heterocycles. The topological polar surface area (TPSA) is 76.1 Å². The van der Waals surface area contributed by atoms with Crippen molar-refractivity contribution < 1.29 is 24.2 Å². The highest BCUT2D eigenvalue weighted by Gasteiger charge is 2.34. The van der Waals surface area contributed by atoms with Crippen LogP contribution in [0.5, 0.6) is 0 Å². The van der Waals surface area contributed by atoms with Gasteiger partial charge >= 0.3 is 11.9 Å². The van der Waals surface area contributed by atoms with Crippen LogP contribution in [0.1, 0.15) is 24.8 Å².